The fraction of sp³-hybridized carbons (Fsp3) is 0.444. The van der Waals surface area contributed by atoms with Crippen LogP contribution in [0.3, 0.4) is 0 Å². The summed E-state index contributed by atoms with van der Waals surface area (Å²) in [6, 6.07) is 9.30. The zero-order valence-electron chi connectivity index (χ0n) is 14.6. The molecule has 1 amide bonds. The van der Waals surface area contributed by atoms with E-state index < -0.39 is 0 Å². The Morgan fingerprint density at radius 2 is 1.78 bits per heavy atom. The van der Waals surface area contributed by atoms with Crippen molar-refractivity contribution in [2.45, 2.75) is 52.5 Å². The zero-order chi connectivity index (χ0) is 17.4. The highest BCUT2D eigenvalue weighted by atomic mass is 79.9. The molecule has 0 saturated heterocycles. The second kappa shape index (κ2) is 6.11. The minimum Gasteiger partial charge on any atom is -0.307 e. The molecule has 0 saturated carbocycles. The number of rotatable bonds is 2. The lowest BCUT2D eigenvalue weighted by molar-refractivity contribution is 0.102. The number of nitrogens with zero attached hydrogens (tertiary/aromatic N) is 2. The van der Waals surface area contributed by atoms with Crippen LogP contribution in [0, 0.1) is 0 Å². The molecule has 124 valence electrons. The molecule has 1 aromatic carbocycles. The van der Waals surface area contributed by atoms with E-state index in [-0.39, 0.29) is 16.9 Å². The normalized spacial score (nSPS) is 12.3. The second-order valence-electron chi connectivity index (χ2n) is 7.71. The average molecular weight is 378 g/mol. The van der Waals surface area contributed by atoms with E-state index in [0.717, 1.165) is 10.2 Å². The van der Waals surface area contributed by atoms with Crippen molar-refractivity contribution in [3.8, 4) is 0 Å². The Labute approximate surface area is 146 Å². The van der Waals surface area contributed by atoms with Gasteiger partial charge in [0.15, 0.2) is 0 Å². The molecule has 0 aliphatic carbocycles. The molecule has 0 aliphatic rings. The van der Waals surface area contributed by atoms with Crippen molar-refractivity contribution in [1.82, 2.24) is 9.78 Å². The number of hydrogen-bond acceptors (Lipinski definition) is 2. The van der Waals surface area contributed by atoms with E-state index in [2.05, 4.69) is 62.8 Å². The molecule has 0 atom stereocenters. The Bertz CT molecular complexity index is 721. The highest BCUT2D eigenvalue weighted by molar-refractivity contribution is 9.10. The molecule has 0 radical (unpaired) electrons. The summed E-state index contributed by atoms with van der Waals surface area (Å²) in [4.78, 5) is 12.5. The number of nitrogens with one attached hydrogen (secondary N) is 1. The fourth-order valence-corrected chi connectivity index (χ4v) is 2.57. The molecule has 5 heteroatoms. The minimum atomic E-state index is -0.219. The van der Waals surface area contributed by atoms with Gasteiger partial charge in [-0.25, -0.2) is 4.68 Å². The third-order valence-electron chi connectivity index (χ3n) is 3.44. The SMILES string of the molecule is CC(C)(C)c1cc(NC(=O)c2cccc(Br)c2)n(C(C)(C)C)n1. The smallest absolute Gasteiger partial charge is 0.256 e. The molecule has 2 aromatic rings. The van der Waals surface area contributed by atoms with E-state index in [9.17, 15) is 4.79 Å². The predicted molar refractivity (Wildman–Crippen MR) is 98.0 cm³/mol. The van der Waals surface area contributed by atoms with Crippen molar-refractivity contribution in [3.63, 3.8) is 0 Å². The minimum absolute atomic E-state index is 0.0776. The first kappa shape index (κ1) is 17.7. The molecule has 0 unspecified atom stereocenters. The van der Waals surface area contributed by atoms with Crippen molar-refractivity contribution in [3.05, 3.63) is 46.1 Å². The zero-order valence-corrected chi connectivity index (χ0v) is 16.2. The molecule has 23 heavy (non-hydrogen) atoms. The van der Waals surface area contributed by atoms with E-state index in [1.807, 2.05) is 22.9 Å². The number of carbonyl (C=O) groups is 1. The van der Waals surface area contributed by atoms with Crippen LogP contribution >= 0.6 is 15.9 Å². The Balaban J connectivity index is 2.39. The van der Waals surface area contributed by atoms with Gasteiger partial charge in [-0.2, -0.15) is 5.10 Å². The van der Waals surface area contributed by atoms with Gasteiger partial charge in [0.2, 0.25) is 0 Å². The van der Waals surface area contributed by atoms with Crippen LogP contribution in [0.5, 0.6) is 0 Å². The molecule has 4 nitrogen and oxygen atoms in total. The highest BCUT2D eigenvalue weighted by Crippen LogP contribution is 2.28. The van der Waals surface area contributed by atoms with Crippen LogP contribution in [0.1, 0.15) is 57.6 Å². The lowest BCUT2D eigenvalue weighted by Gasteiger charge is -2.23. The molecule has 1 aromatic heterocycles. The van der Waals surface area contributed by atoms with Gasteiger partial charge in [0.25, 0.3) is 5.91 Å². The average Bonchev–Trinajstić information content (AvgIpc) is 2.82. The van der Waals surface area contributed by atoms with Gasteiger partial charge < -0.3 is 5.32 Å². The number of hydrogen-bond donors (Lipinski definition) is 1. The summed E-state index contributed by atoms with van der Waals surface area (Å²) in [5.41, 5.74) is 1.27. The molecule has 0 aliphatic heterocycles. The summed E-state index contributed by atoms with van der Waals surface area (Å²) in [5.74, 6) is 0.574. The number of carbonyl (C=O) groups excluding carboxylic acids is 1. The number of amides is 1. The maximum Gasteiger partial charge on any atom is 0.256 e. The third-order valence-corrected chi connectivity index (χ3v) is 3.93. The Morgan fingerprint density at radius 3 is 2.30 bits per heavy atom. The Kier molecular flexibility index (Phi) is 4.71. The maximum absolute atomic E-state index is 12.5. The topological polar surface area (TPSA) is 46.9 Å². The lowest BCUT2D eigenvalue weighted by Crippen LogP contribution is -2.27. The molecular formula is C18H24BrN3O. The first-order valence-electron chi connectivity index (χ1n) is 7.66. The van der Waals surface area contributed by atoms with Gasteiger partial charge in [0.05, 0.1) is 11.2 Å². The van der Waals surface area contributed by atoms with Crippen LogP contribution in [0.15, 0.2) is 34.8 Å². The first-order chi connectivity index (χ1) is 10.5. The van der Waals surface area contributed by atoms with Crippen LogP contribution in [0.25, 0.3) is 0 Å². The standard InChI is InChI=1S/C18H24BrN3O/c1-17(2,3)14-11-15(22(21-14)18(4,5)6)20-16(23)12-8-7-9-13(19)10-12/h7-11H,1-6H3,(H,20,23). The first-order valence-corrected chi connectivity index (χ1v) is 8.46. The third kappa shape index (κ3) is 4.22. The van der Waals surface area contributed by atoms with Crippen LogP contribution in [-0.4, -0.2) is 15.7 Å². The van der Waals surface area contributed by atoms with Crippen LogP contribution in [0.4, 0.5) is 5.82 Å². The van der Waals surface area contributed by atoms with E-state index in [4.69, 9.17) is 5.10 Å². The van der Waals surface area contributed by atoms with Gasteiger partial charge >= 0.3 is 0 Å². The lowest BCUT2D eigenvalue weighted by atomic mass is 9.92. The summed E-state index contributed by atoms with van der Waals surface area (Å²) in [6.45, 7) is 12.6. The summed E-state index contributed by atoms with van der Waals surface area (Å²) in [5, 5.41) is 7.70. The van der Waals surface area contributed by atoms with Crippen LogP contribution in [0.2, 0.25) is 0 Å². The van der Waals surface area contributed by atoms with Gasteiger partial charge in [-0.1, -0.05) is 42.8 Å². The van der Waals surface area contributed by atoms with Crippen molar-refractivity contribution < 1.29 is 4.79 Å². The van der Waals surface area contributed by atoms with Gasteiger partial charge in [-0.15, -0.1) is 0 Å². The van der Waals surface area contributed by atoms with E-state index in [0.29, 0.717) is 11.4 Å². The number of anilines is 1. The molecule has 0 spiro atoms. The molecular weight excluding hydrogens is 354 g/mol. The predicted octanol–water partition coefficient (Wildman–Crippen LogP) is 4.95. The fourth-order valence-electron chi connectivity index (χ4n) is 2.17. The molecule has 1 N–H and O–H groups in total. The van der Waals surface area contributed by atoms with Crippen molar-refractivity contribution in [1.29, 1.82) is 0 Å². The van der Waals surface area contributed by atoms with E-state index in [1.165, 1.54) is 0 Å². The van der Waals surface area contributed by atoms with Crippen molar-refractivity contribution in [2.75, 3.05) is 5.32 Å². The molecule has 2 rings (SSSR count). The van der Waals surface area contributed by atoms with Crippen LogP contribution in [-0.2, 0) is 11.0 Å². The molecule has 1 heterocycles. The molecule has 0 bridgehead atoms. The van der Waals surface area contributed by atoms with E-state index in [1.54, 1.807) is 12.1 Å². The van der Waals surface area contributed by atoms with Gasteiger partial charge in [-0.05, 0) is 39.0 Å². The number of halogens is 1. The Morgan fingerprint density at radius 1 is 1.13 bits per heavy atom. The van der Waals surface area contributed by atoms with E-state index >= 15 is 0 Å². The van der Waals surface area contributed by atoms with Gasteiger partial charge in [0.1, 0.15) is 5.82 Å². The van der Waals surface area contributed by atoms with Crippen molar-refractivity contribution >= 4 is 27.7 Å². The summed E-state index contributed by atoms with van der Waals surface area (Å²) < 4.78 is 2.76. The van der Waals surface area contributed by atoms with Crippen LogP contribution < -0.4 is 5.32 Å². The summed E-state index contributed by atoms with van der Waals surface area (Å²) in [7, 11) is 0. The highest BCUT2D eigenvalue weighted by Gasteiger charge is 2.25. The molecule has 0 fully saturated rings. The second-order valence-corrected chi connectivity index (χ2v) is 8.63. The summed E-state index contributed by atoms with van der Waals surface area (Å²) >= 11 is 3.39. The number of aromatic nitrogens is 2. The monoisotopic (exact) mass is 377 g/mol. The van der Waals surface area contributed by atoms with Crippen molar-refractivity contribution in [2.24, 2.45) is 0 Å². The summed E-state index contributed by atoms with van der Waals surface area (Å²) in [6.07, 6.45) is 0. The van der Waals surface area contributed by atoms with Gasteiger partial charge in [0, 0.05) is 21.5 Å². The quantitative estimate of drug-likeness (QED) is 0.804. The Hall–Kier alpha value is -1.62. The maximum atomic E-state index is 12.5. The van der Waals surface area contributed by atoms with Gasteiger partial charge in [-0.3, -0.25) is 4.79 Å². The largest absolute Gasteiger partial charge is 0.307 e. The number of benzene rings is 1.